The van der Waals surface area contributed by atoms with E-state index in [2.05, 4.69) is 10.3 Å². The van der Waals surface area contributed by atoms with Crippen LogP contribution in [0.5, 0.6) is 11.5 Å². The molecule has 1 N–H and O–H groups in total. The largest absolute Gasteiger partial charge is 0.494 e. The number of carbonyl (C=O) groups is 2. The van der Waals surface area contributed by atoms with Crippen molar-refractivity contribution in [3.05, 3.63) is 70.2 Å². The van der Waals surface area contributed by atoms with Gasteiger partial charge in [0.05, 0.1) is 23.5 Å². The molecule has 0 saturated carbocycles. The zero-order chi connectivity index (χ0) is 23.2. The molecule has 0 aliphatic carbocycles. The summed E-state index contributed by atoms with van der Waals surface area (Å²) in [6.07, 6.45) is 4.55. The van der Waals surface area contributed by atoms with E-state index in [0.29, 0.717) is 36.8 Å². The van der Waals surface area contributed by atoms with Gasteiger partial charge in [0.2, 0.25) is 11.8 Å². The molecule has 0 spiro atoms. The van der Waals surface area contributed by atoms with Crippen molar-refractivity contribution in [3.63, 3.8) is 0 Å². The van der Waals surface area contributed by atoms with E-state index in [0.717, 1.165) is 28.4 Å². The number of thiazole rings is 1. The molecule has 1 saturated heterocycles. The Morgan fingerprint density at radius 2 is 2.09 bits per heavy atom. The van der Waals surface area contributed by atoms with Crippen molar-refractivity contribution >= 4 is 40.6 Å². The maximum atomic E-state index is 12.5. The molecule has 2 amide bonds. The predicted octanol–water partition coefficient (Wildman–Crippen LogP) is 4.82. The summed E-state index contributed by atoms with van der Waals surface area (Å²) in [5.74, 6) is 1.02. The van der Waals surface area contributed by atoms with E-state index in [9.17, 15) is 9.59 Å². The number of aromatic nitrogens is 1. The molecule has 3 aromatic rings. The molecule has 1 fully saturated rings. The third-order valence-corrected chi connectivity index (χ3v) is 6.01. The number of hydrogen-bond acceptors (Lipinski definition) is 6. The van der Waals surface area contributed by atoms with Gasteiger partial charge in [-0.2, -0.15) is 0 Å². The number of rotatable bonds is 8. The maximum absolute atomic E-state index is 12.5. The Morgan fingerprint density at radius 1 is 1.24 bits per heavy atom. The highest BCUT2D eigenvalue weighted by molar-refractivity contribution is 7.09. The van der Waals surface area contributed by atoms with Gasteiger partial charge >= 0.3 is 0 Å². The van der Waals surface area contributed by atoms with Crippen LogP contribution in [0, 0.1) is 6.92 Å². The first-order valence-electron chi connectivity index (χ1n) is 10.6. The average molecular weight is 464 g/mol. The summed E-state index contributed by atoms with van der Waals surface area (Å²) in [6.45, 7) is 3.00. The smallest absolute Gasteiger partial charge is 0.248 e. The Balaban J connectivity index is 1.41. The molecule has 1 aromatic heterocycles. The molecule has 2 aromatic carbocycles. The third kappa shape index (κ3) is 5.59. The van der Waals surface area contributed by atoms with E-state index in [4.69, 9.17) is 9.47 Å². The monoisotopic (exact) mass is 463 g/mol. The number of anilines is 2. The highest BCUT2D eigenvalue weighted by atomic mass is 32.1. The van der Waals surface area contributed by atoms with E-state index in [1.165, 1.54) is 6.08 Å². The van der Waals surface area contributed by atoms with Gasteiger partial charge in [-0.15, -0.1) is 11.3 Å². The van der Waals surface area contributed by atoms with Crippen LogP contribution in [0.25, 0.3) is 6.08 Å². The summed E-state index contributed by atoms with van der Waals surface area (Å²) in [4.78, 5) is 30.7. The summed E-state index contributed by atoms with van der Waals surface area (Å²) in [6, 6.07) is 12.8. The number of methoxy groups -OCH3 is 1. The lowest BCUT2D eigenvalue weighted by molar-refractivity contribution is -0.117. The van der Waals surface area contributed by atoms with E-state index in [1.54, 1.807) is 47.6 Å². The van der Waals surface area contributed by atoms with Gasteiger partial charge in [-0.3, -0.25) is 9.59 Å². The van der Waals surface area contributed by atoms with E-state index < -0.39 is 0 Å². The van der Waals surface area contributed by atoms with Crippen LogP contribution < -0.4 is 19.7 Å². The van der Waals surface area contributed by atoms with Crippen molar-refractivity contribution in [1.29, 1.82) is 0 Å². The molecule has 0 unspecified atom stereocenters. The van der Waals surface area contributed by atoms with Gasteiger partial charge in [0.1, 0.15) is 18.1 Å². The molecule has 33 heavy (non-hydrogen) atoms. The van der Waals surface area contributed by atoms with Crippen LogP contribution in [0.2, 0.25) is 0 Å². The molecule has 0 bridgehead atoms. The van der Waals surface area contributed by atoms with Gasteiger partial charge in [0, 0.05) is 41.7 Å². The molecular formula is C25H25N3O4S. The topological polar surface area (TPSA) is 80.8 Å². The van der Waals surface area contributed by atoms with Crippen LogP contribution in [0.15, 0.2) is 53.9 Å². The second kappa shape index (κ2) is 10.3. The SMILES string of the molecule is COc1cc(NC(=O)/C=C/c2ccccc2OCc2csc(C)n2)ccc1N1CCCC1=O. The van der Waals surface area contributed by atoms with E-state index >= 15 is 0 Å². The number of hydrogen-bond donors (Lipinski definition) is 1. The number of benzene rings is 2. The van der Waals surface area contributed by atoms with Crippen molar-refractivity contribution in [2.45, 2.75) is 26.4 Å². The Kier molecular flexibility index (Phi) is 7.04. The maximum Gasteiger partial charge on any atom is 0.248 e. The Hall–Kier alpha value is -3.65. The fourth-order valence-corrected chi connectivity index (χ4v) is 4.20. The van der Waals surface area contributed by atoms with Crippen molar-refractivity contribution in [1.82, 2.24) is 4.98 Å². The highest BCUT2D eigenvalue weighted by Gasteiger charge is 2.24. The van der Waals surface area contributed by atoms with Crippen LogP contribution >= 0.6 is 11.3 Å². The zero-order valence-corrected chi connectivity index (χ0v) is 19.4. The average Bonchev–Trinajstić information content (AvgIpc) is 3.44. The van der Waals surface area contributed by atoms with Crippen LogP contribution in [0.3, 0.4) is 0 Å². The van der Waals surface area contributed by atoms with Crippen LogP contribution in [-0.2, 0) is 16.2 Å². The molecule has 8 heteroatoms. The third-order valence-electron chi connectivity index (χ3n) is 5.19. The number of para-hydroxylation sites is 1. The number of aryl methyl sites for hydroxylation is 1. The number of carbonyl (C=O) groups excluding carboxylic acids is 2. The van der Waals surface area contributed by atoms with Gasteiger partial charge in [0.25, 0.3) is 0 Å². The second-order valence-corrected chi connectivity index (χ2v) is 8.60. The molecule has 1 aliphatic rings. The summed E-state index contributed by atoms with van der Waals surface area (Å²) >= 11 is 1.58. The van der Waals surface area contributed by atoms with Crippen molar-refractivity contribution in [2.75, 3.05) is 23.9 Å². The lowest BCUT2D eigenvalue weighted by Gasteiger charge is -2.19. The Morgan fingerprint density at radius 3 is 2.82 bits per heavy atom. The molecular weight excluding hydrogens is 438 g/mol. The summed E-state index contributed by atoms with van der Waals surface area (Å²) in [7, 11) is 1.55. The normalized spacial score (nSPS) is 13.5. The first-order chi connectivity index (χ1) is 16.0. The number of nitrogens with zero attached hydrogens (tertiary/aromatic N) is 2. The molecule has 0 radical (unpaired) electrons. The summed E-state index contributed by atoms with van der Waals surface area (Å²) < 4.78 is 11.4. The Bertz CT molecular complexity index is 1190. The molecule has 7 nitrogen and oxygen atoms in total. The molecule has 0 atom stereocenters. The van der Waals surface area contributed by atoms with Crippen molar-refractivity contribution in [2.24, 2.45) is 0 Å². The molecule has 2 heterocycles. The second-order valence-electron chi connectivity index (χ2n) is 7.54. The standard InChI is InChI=1S/C25H25N3O4S/c1-17-26-20(16-33-17)15-32-22-7-4-3-6-18(22)9-12-24(29)27-19-10-11-21(23(14-19)31-2)28-13-5-8-25(28)30/h3-4,6-7,9-12,14,16H,5,8,13,15H2,1-2H3,(H,27,29)/b12-9+. The number of amides is 2. The molecule has 170 valence electrons. The number of nitrogens with one attached hydrogen (secondary N) is 1. The fourth-order valence-electron chi connectivity index (χ4n) is 3.61. The van der Waals surface area contributed by atoms with Crippen LogP contribution in [0.1, 0.15) is 29.1 Å². The molecule has 4 rings (SSSR count). The quantitative estimate of drug-likeness (QED) is 0.485. The molecule has 1 aliphatic heterocycles. The zero-order valence-electron chi connectivity index (χ0n) is 18.5. The Labute approximate surface area is 196 Å². The lowest BCUT2D eigenvalue weighted by Crippen LogP contribution is -2.24. The number of ether oxygens (including phenoxy) is 2. The first kappa shape index (κ1) is 22.5. The fraction of sp³-hybridized carbons (Fsp3) is 0.240. The first-order valence-corrected chi connectivity index (χ1v) is 11.5. The van der Waals surface area contributed by atoms with E-state index in [-0.39, 0.29) is 11.8 Å². The minimum Gasteiger partial charge on any atom is -0.494 e. The van der Waals surface area contributed by atoms with Gasteiger partial charge in [-0.05, 0) is 37.6 Å². The minimum absolute atomic E-state index is 0.0822. The van der Waals surface area contributed by atoms with Crippen molar-refractivity contribution in [3.8, 4) is 11.5 Å². The summed E-state index contributed by atoms with van der Waals surface area (Å²) in [5, 5.41) is 5.81. The van der Waals surface area contributed by atoms with Crippen LogP contribution in [0.4, 0.5) is 11.4 Å². The van der Waals surface area contributed by atoms with Gasteiger partial charge < -0.3 is 19.7 Å². The highest BCUT2D eigenvalue weighted by Crippen LogP contribution is 2.34. The minimum atomic E-state index is -0.285. The lowest BCUT2D eigenvalue weighted by atomic mass is 10.2. The van der Waals surface area contributed by atoms with E-state index in [1.807, 2.05) is 36.6 Å². The van der Waals surface area contributed by atoms with Crippen molar-refractivity contribution < 1.29 is 19.1 Å². The predicted molar refractivity (Wildman–Crippen MR) is 130 cm³/mol. The van der Waals surface area contributed by atoms with Gasteiger partial charge in [-0.1, -0.05) is 18.2 Å². The summed E-state index contributed by atoms with van der Waals surface area (Å²) in [5.41, 5.74) is 2.97. The van der Waals surface area contributed by atoms with Crippen LogP contribution in [-0.4, -0.2) is 30.5 Å². The van der Waals surface area contributed by atoms with Gasteiger partial charge in [-0.25, -0.2) is 4.98 Å². The van der Waals surface area contributed by atoms with Gasteiger partial charge in [0.15, 0.2) is 0 Å².